The van der Waals surface area contributed by atoms with Gasteiger partial charge in [-0.25, -0.2) is 13.4 Å². The van der Waals surface area contributed by atoms with Crippen molar-refractivity contribution in [3.8, 4) is 0 Å². The number of pyridine rings is 1. The summed E-state index contributed by atoms with van der Waals surface area (Å²) < 4.78 is 27.9. The number of nitrogens with zero attached hydrogens (tertiary/aromatic N) is 3. The summed E-state index contributed by atoms with van der Waals surface area (Å²) in [5.74, 6) is 0.763. The van der Waals surface area contributed by atoms with Crippen LogP contribution in [0.2, 0.25) is 0 Å². The molecule has 146 valence electrons. The van der Waals surface area contributed by atoms with Crippen molar-refractivity contribution >= 4 is 21.5 Å². The Morgan fingerprint density at radius 1 is 1.15 bits per heavy atom. The van der Waals surface area contributed by atoms with E-state index >= 15 is 0 Å². The van der Waals surface area contributed by atoms with Crippen LogP contribution in [0, 0.1) is 0 Å². The zero-order valence-corrected chi connectivity index (χ0v) is 17.4. The van der Waals surface area contributed by atoms with Gasteiger partial charge in [-0.1, -0.05) is 20.8 Å². The third-order valence-corrected chi connectivity index (χ3v) is 7.30. The van der Waals surface area contributed by atoms with Gasteiger partial charge in [0.2, 0.25) is 10.0 Å². The van der Waals surface area contributed by atoms with Crippen LogP contribution < -0.4 is 9.62 Å². The molecule has 2 aliphatic rings. The zero-order valence-electron chi connectivity index (χ0n) is 16.6. The van der Waals surface area contributed by atoms with Crippen molar-refractivity contribution in [2.24, 2.45) is 0 Å². The van der Waals surface area contributed by atoms with E-state index in [1.165, 1.54) is 0 Å². The van der Waals surface area contributed by atoms with Crippen molar-refractivity contribution in [2.75, 3.05) is 36.8 Å². The molecule has 1 aromatic heterocycles. The highest BCUT2D eigenvalue weighted by atomic mass is 32.2. The first kappa shape index (κ1) is 19.4. The van der Waals surface area contributed by atoms with Gasteiger partial charge in [0.15, 0.2) is 5.82 Å². The van der Waals surface area contributed by atoms with E-state index in [1.807, 2.05) is 12.3 Å². The second-order valence-corrected chi connectivity index (χ2v) is 10.8. The third-order valence-electron chi connectivity index (χ3n) is 5.44. The molecule has 0 spiro atoms. The lowest BCUT2D eigenvalue weighted by Gasteiger charge is -2.36. The highest BCUT2D eigenvalue weighted by molar-refractivity contribution is 7.93. The fraction of sp³-hybridized carbons (Fsp3) is 0.737. The van der Waals surface area contributed by atoms with E-state index in [0.29, 0.717) is 11.7 Å². The Hall–Kier alpha value is -1.34. The van der Waals surface area contributed by atoms with E-state index in [2.05, 4.69) is 54.4 Å². The molecule has 3 rings (SSSR count). The van der Waals surface area contributed by atoms with Crippen molar-refractivity contribution in [3.63, 3.8) is 0 Å². The summed E-state index contributed by atoms with van der Waals surface area (Å²) in [4.78, 5) is 9.18. The fourth-order valence-corrected chi connectivity index (χ4v) is 4.78. The number of hydrogen-bond donors (Lipinski definition) is 1. The molecular weight excluding hydrogens is 348 g/mol. The molecule has 1 saturated heterocycles. The van der Waals surface area contributed by atoms with Crippen LogP contribution in [0.3, 0.4) is 0 Å². The first-order valence-electron chi connectivity index (χ1n) is 9.51. The summed E-state index contributed by atoms with van der Waals surface area (Å²) in [6, 6.07) is 2.55. The molecule has 0 aromatic carbocycles. The lowest BCUT2D eigenvalue weighted by atomic mass is 9.88. The molecule has 2 fully saturated rings. The summed E-state index contributed by atoms with van der Waals surface area (Å²) in [7, 11) is 0.921. The predicted molar refractivity (Wildman–Crippen MR) is 107 cm³/mol. The standard InChI is InChI=1S/C19H32N4O2S/c1-19(2,3)14-12-17(21-26(24,25)16-6-7-16)18(20-13-14)23-10-8-15(9-11-23)22(4)5/h12-13,15-16,21H,6-11H2,1-5H3. The Labute approximate surface area is 158 Å². The minimum atomic E-state index is -3.31. The molecule has 0 bridgehead atoms. The van der Waals surface area contributed by atoms with Gasteiger partial charge in [-0.3, -0.25) is 4.72 Å². The van der Waals surface area contributed by atoms with Gasteiger partial charge in [0, 0.05) is 25.3 Å². The first-order chi connectivity index (χ1) is 12.1. The largest absolute Gasteiger partial charge is 0.355 e. The molecule has 26 heavy (non-hydrogen) atoms. The van der Waals surface area contributed by atoms with Gasteiger partial charge in [-0.2, -0.15) is 0 Å². The van der Waals surface area contributed by atoms with E-state index in [9.17, 15) is 8.42 Å². The zero-order chi connectivity index (χ0) is 19.1. The van der Waals surface area contributed by atoms with Gasteiger partial charge in [-0.15, -0.1) is 0 Å². The summed E-state index contributed by atoms with van der Waals surface area (Å²) in [6.07, 6.45) is 5.52. The Morgan fingerprint density at radius 3 is 2.27 bits per heavy atom. The van der Waals surface area contributed by atoms with E-state index in [-0.39, 0.29) is 10.7 Å². The van der Waals surface area contributed by atoms with Crippen molar-refractivity contribution in [2.45, 2.75) is 63.2 Å². The van der Waals surface area contributed by atoms with Crippen LogP contribution in [-0.4, -0.2) is 56.8 Å². The SMILES string of the molecule is CN(C)C1CCN(c2ncc(C(C)(C)C)cc2NS(=O)(=O)C2CC2)CC1. The van der Waals surface area contributed by atoms with Crippen molar-refractivity contribution in [1.29, 1.82) is 0 Å². The summed E-state index contributed by atoms with van der Waals surface area (Å²) >= 11 is 0. The highest BCUT2D eigenvalue weighted by Gasteiger charge is 2.37. The maximum atomic E-state index is 12.5. The summed E-state index contributed by atoms with van der Waals surface area (Å²) in [6.45, 7) is 8.13. The third kappa shape index (κ3) is 4.31. The van der Waals surface area contributed by atoms with Gasteiger partial charge in [0.25, 0.3) is 0 Å². The Kier molecular flexibility index (Phi) is 5.23. The lowest BCUT2D eigenvalue weighted by Crippen LogP contribution is -2.42. The van der Waals surface area contributed by atoms with Crippen LogP contribution in [0.25, 0.3) is 0 Å². The molecule has 1 aliphatic carbocycles. The molecule has 0 unspecified atom stereocenters. The maximum absolute atomic E-state index is 12.5. The highest BCUT2D eigenvalue weighted by Crippen LogP contribution is 2.35. The molecule has 1 aliphatic heterocycles. The van der Waals surface area contributed by atoms with Crippen LogP contribution in [-0.2, 0) is 15.4 Å². The quantitative estimate of drug-likeness (QED) is 0.851. The second-order valence-electron chi connectivity index (χ2n) is 8.87. The minimum absolute atomic E-state index is 0.0801. The van der Waals surface area contributed by atoms with E-state index in [1.54, 1.807) is 0 Å². The fourth-order valence-electron chi connectivity index (χ4n) is 3.40. The number of hydrogen-bond acceptors (Lipinski definition) is 5. The Bertz CT molecular complexity index is 743. The molecule has 1 aromatic rings. The molecule has 0 atom stereocenters. The van der Waals surface area contributed by atoms with Gasteiger partial charge in [0.1, 0.15) is 0 Å². The molecule has 1 N–H and O–H groups in total. The predicted octanol–water partition coefficient (Wildman–Crippen LogP) is 2.81. The van der Waals surface area contributed by atoms with Crippen LogP contribution in [0.5, 0.6) is 0 Å². The van der Waals surface area contributed by atoms with Crippen molar-refractivity contribution in [3.05, 3.63) is 17.8 Å². The molecule has 0 amide bonds. The number of anilines is 2. The first-order valence-corrected chi connectivity index (χ1v) is 11.1. The second kappa shape index (κ2) is 7.00. The number of piperidine rings is 1. The minimum Gasteiger partial charge on any atom is -0.355 e. The van der Waals surface area contributed by atoms with Crippen LogP contribution in [0.4, 0.5) is 11.5 Å². The Morgan fingerprint density at radius 2 is 1.77 bits per heavy atom. The van der Waals surface area contributed by atoms with Gasteiger partial charge in [0.05, 0.1) is 10.9 Å². The van der Waals surface area contributed by atoms with Crippen LogP contribution in [0.15, 0.2) is 12.3 Å². The number of rotatable bonds is 5. The smallest absolute Gasteiger partial charge is 0.235 e. The van der Waals surface area contributed by atoms with E-state index < -0.39 is 10.0 Å². The van der Waals surface area contributed by atoms with Crippen LogP contribution >= 0.6 is 0 Å². The topological polar surface area (TPSA) is 65.5 Å². The van der Waals surface area contributed by atoms with Crippen LogP contribution in [0.1, 0.15) is 52.0 Å². The lowest BCUT2D eigenvalue weighted by molar-refractivity contribution is 0.249. The molecule has 0 radical (unpaired) electrons. The number of sulfonamides is 1. The van der Waals surface area contributed by atoms with E-state index in [4.69, 9.17) is 0 Å². The number of nitrogens with one attached hydrogen (secondary N) is 1. The maximum Gasteiger partial charge on any atom is 0.235 e. The number of aromatic nitrogens is 1. The van der Waals surface area contributed by atoms with Gasteiger partial charge >= 0.3 is 0 Å². The molecule has 2 heterocycles. The van der Waals surface area contributed by atoms with Crippen molar-refractivity contribution < 1.29 is 8.42 Å². The monoisotopic (exact) mass is 380 g/mol. The Balaban J connectivity index is 1.89. The van der Waals surface area contributed by atoms with Gasteiger partial charge in [-0.05, 0) is 56.8 Å². The van der Waals surface area contributed by atoms with Gasteiger partial charge < -0.3 is 9.80 Å². The average molecular weight is 381 g/mol. The summed E-state index contributed by atoms with van der Waals surface area (Å²) in [5, 5.41) is -0.242. The van der Waals surface area contributed by atoms with E-state index in [0.717, 1.165) is 50.2 Å². The molecule has 6 nitrogen and oxygen atoms in total. The molecule has 1 saturated carbocycles. The summed E-state index contributed by atoms with van der Waals surface area (Å²) in [5.41, 5.74) is 1.59. The normalized spacial score (nSPS) is 19.8. The molecule has 7 heteroatoms. The van der Waals surface area contributed by atoms with Crippen molar-refractivity contribution in [1.82, 2.24) is 9.88 Å². The average Bonchev–Trinajstić information content (AvgIpc) is 3.39. The molecular formula is C19H32N4O2S.